The van der Waals surface area contributed by atoms with E-state index in [4.69, 9.17) is 23.2 Å². The van der Waals surface area contributed by atoms with E-state index >= 15 is 0 Å². The molecule has 3 rings (SSSR count). The summed E-state index contributed by atoms with van der Waals surface area (Å²) in [6.45, 7) is -0.550. The van der Waals surface area contributed by atoms with Gasteiger partial charge in [0.15, 0.2) is 11.6 Å². The minimum Gasteiger partial charge on any atom is -0.348 e. The zero-order valence-corrected chi connectivity index (χ0v) is 20.3. The van der Waals surface area contributed by atoms with Gasteiger partial charge in [-0.3, -0.25) is 18.6 Å². The molecule has 0 saturated carbocycles. The molecule has 0 aliphatic heterocycles. The number of anilines is 1. The van der Waals surface area contributed by atoms with Crippen molar-refractivity contribution in [3.63, 3.8) is 0 Å². The average molecular weight is 568 g/mol. The summed E-state index contributed by atoms with van der Waals surface area (Å²) in [5.74, 6) is -4.18. The summed E-state index contributed by atoms with van der Waals surface area (Å²) in [5, 5.41) is 2.72. The lowest BCUT2D eigenvalue weighted by molar-refractivity contribution is -0.141. The molecular weight excluding hydrogens is 552 g/mol. The van der Waals surface area contributed by atoms with Crippen LogP contribution in [0.1, 0.15) is 27.2 Å². The molecule has 0 aliphatic carbocycles. The second-order valence-electron chi connectivity index (χ2n) is 7.29. The number of nitrogens with zero attached hydrogens (tertiary/aromatic N) is 2. The highest BCUT2D eigenvalue weighted by Crippen LogP contribution is 2.29. The Morgan fingerprint density at radius 3 is 2.42 bits per heavy atom. The normalized spacial score (nSPS) is 12.3. The van der Waals surface area contributed by atoms with Crippen LogP contribution in [0.5, 0.6) is 0 Å². The van der Waals surface area contributed by atoms with Crippen molar-refractivity contribution < 1.29 is 35.5 Å². The quantitative estimate of drug-likeness (QED) is 0.266. The fourth-order valence-corrected chi connectivity index (χ4v) is 4.10. The zero-order chi connectivity index (χ0) is 26.6. The highest BCUT2D eigenvalue weighted by Gasteiger charge is 2.32. The molecule has 3 aromatic rings. The Morgan fingerprint density at radius 1 is 1.08 bits per heavy atom. The van der Waals surface area contributed by atoms with Crippen LogP contribution >= 0.6 is 23.2 Å². The number of hydrogen-bond donors (Lipinski definition) is 2. The maximum absolute atomic E-state index is 14.8. The van der Waals surface area contributed by atoms with Crippen LogP contribution in [-0.4, -0.2) is 26.2 Å². The number of alkyl halides is 3. The van der Waals surface area contributed by atoms with Gasteiger partial charge < -0.3 is 5.32 Å². The van der Waals surface area contributed by atoms with Gasteiger partial charge in [-0.1, -0.05) is 41.4 Å². The predicted octanol–water partition coefficient (Wildman–Crippen LogP) is 5.80. The van der Waals surface area contributed by atoms with E-state index in [0.29, 0.717) is 9.87 Å². The Labute approximate surface area is 214 Å². The smallest absolute Gasteiger partial charge is 0.348 e. The van der Waals surface area contributed by atoms with Gasteiger partial charge in [-0.05, 0) is 41.8 Å². The van der Waals surface area contributed by atoms with E-state index in [1.807, 2.05) is 0 Å². The van der Waals surface area contributed by atoms with Crippen molar-refractivity contribution in [1.29, 1.82) is 0 Å². The van der Waals surface area contributed by atoms with Crippen LogP contribution in [0.2, 0.25) is 10.0 Å². The molecule has 2 N–H and O–H groups in total. The molecule has 1 heterocycles. The van der Waals surface area contributed by atoms with Crippen molar-refractivity contribution in [2.45, 2.75) is 19.1 Å². The molecule has 1 atom stereocenters. The van der Waals surface area contributed by atoms with E-state index in [0.717, 1.165) is 30.5 Å². The van der Waals surface area contributed by atoms with E-state index in [9.17, 15) is 35.5 Å². The third-order valence-electron chi connectivity index (χ3n) is 4.95. The Kier molecular flexibility index (Phi) is 8.88. The second-order valence-corrected chi connectivity index (χ2v) is 8.98. The molecule has 36 heavy (non-hydrogen) atoms. The molecule has 2 aromatic carbocycles. The maximum Gasteiger partial charge on any atom is 0.433 e. The topological polar surface area (TPSA) is 82.5 Å². The molecule has 192 valence electrons. The first-order valence-corrected chi connectivity index (χ1v) is 11.8. The number of benzene rings is 2. The summed E-state index contributed by atoms with van der Waals surface area (Å²) in [6, 6.07) is 8.44. The molecule has 1 amide bonds. The first-order chi connectivity index (χ1) is 16.9. The van der Waals surface area contributed by atoms with Gasteiger partial charge in [0.1, 0.15) is 5.69 Å². The van der Waals surface area contributed by atoms with E-state index in [1.165, 1.54) is 0 Å². The fraction of sp³-hybridized carbons (Fsp3) is 0.182. The third kappa shape index (κ3) is 6.49. The first kappa shape index (κ1) is 27.8. The Hall–Kier alpha value is -2.80. The number of aromatic nitrogens is 1. The average Bonchev–Trinajstić information content (AvgIpc) is 2.82. The number of halogens is 7. The predicted molar refractivity (Wildman–Crippen MR) is 125 cm³/mol. The number of rotatable bonds is 8. The number of pyridine rings is 1. The van der Waals surface area contributed by atoms with Crippen molar-refractivity contribution in [3.8, 4) is 0 Å². The van der Waals surface area contributed by atoms with Crippen molar-refractivity contribution >= 4 is 46.1 Å². The number of amides is 1. The molecule has 1 unspecified atom stereocenters. The fourth-order valence-electron chi connectivity index (χ4n) is 3.13. The van der Waals surface area contributed by atoms with Gasteiger partial charge in [-0.2, -0.15) is 13.2 Å². The van der Waals surface area contributed by atoms with Gasteiger partial charge in [-0.25, -0.2) is 13.0 Å². The van der Waals surface area contributed by atoms with Crippen molar-refractivity contribution in [2.75, 3.05) is 10.8 Å². The van der Waals surface area contributed by atoms with Gasteiger partial charge >= 0.3 is 6.18 Å². The molecule has 0 aliphatic rings. The summed E-state index contributed by atoms with van der Waals surface area (Å²) in [5.41, 5.74) is -1.71. The lowest BCUT2D eigenvalue weighted by Crippen LogP contribution is -2.30. The van der Waals surface area contributed by atoms with Gasteiger partial charge in [0.25, 0.3) is 17.2 Å². The largest absolute Gasteiger partial charge is 0.433 e. The zero-order valence-electron chi connectivity index (χ0n) is 18.0. The number of hydrogen-bond acceptors (Lipinski definition) is 3. The van der Waals surface area contributed by atoms with Gasteiger partial charge in [0.05, 0.1) is 21.3 Å². The van der Waals surface area contributed by atoms with Gasteiger partial charge in [0, 0.05) is 19.3 Å². The van der Waals surface area contributed by atoms with Crippen LogP contribution in [0.15, 0.2) is 48.7 Å². The summed E-state index contributed by atoms with van der Waals surface area (Å²) in [4.78, 5) is 15.6. The minimum atomic E-state index is -4.63. The second kappa shape index (κ2) is 11.5. The monoisotopic (exact) mass is 567 g/mol. The molecule has 0 bridgehead atoms. The number of nitrogens with one attached hydrogen (secondary N) is 1. The highest BCUT2D eigenvalue weighted by molar-refractivity contribution is 7.80. The molecule has 6 nitrogen and oxygen atoms in total. The van der Waals surface area contributed by atoms with Crippen LogP contribution in [0.3, 0.4) is 0 Å². The lowest BCUT2D eigenvalue weighted by Gasteiger charge is -2.21. The number of carbonyl (C=O) groups is 1. The van der Waals surface area contributed by atoms with E-state index in [1.54, 1.807) is 18.2 Å². The summed E-state index contributed by atoms with van der Waals surface area (Å²) in [7, 11) is 0. The van der Waals surface area contributed by atoms with Crippen LogP contribution in [0.4, 0.5) is 27.6 Å². The Balaban J connectivity index is 1.74. The molecular formula is C22H16Cl2F5N3O3S. The molecule has 1 aromatic heterocycles. The van der Waals surface area contributed by atoms with E-state index in [-0.39, 0.29) is 35.1 Å². The SMILES string of the molecule is O=C(NCc1ccc(C(F)(F)F)nc1)c1ccc(N(CCc2cccc(Cl)c2Cl)S(=O)O)c(F)c1F. The summed E-state index contributed by atoms with van der Waals surface area (Å²) < 4.78 is 89.4. The summed E-state index contributed by atoms with van der Waals surface area (Å²) >= 11 is 9.29. The van der Waals surface area contributed by atoms with Crippen LogP contribution < -0.4 is 9.62 Å². The molecule has 14 heteroatoms. The standard InChI is InChI=1S/C22H16Cl2F5N3O3S/c23-15-3-1-2-13(18(15)24)8-9-32(36(34)35)16-6-5-14(19(25)20(16)26)21(33)31-11-12-4-7-17(30-10-12)22(27,28)29/h1-7,10H,8-9,11H2,(H,31,33)(H,34,35). The third-order valence-corrected chi connectivity index (χ3v) is 6.56. The maximum atomic E-state index is 14.8. The molecule has 0 spiro atoms. The van der Waals surface area contributed by atoms with E-state index < -0.39 is 51.9 Å². The highest BCUT2D eigenvalue weighted by atomic mass is 35.5. The lowest BCUT2D eigenvalue weighted by atomic mass is 10.1. The van der Waals surface area contributed by atoms with Crippen molar-refractivity contribution in [2.24, 2.45) is 0 Å². The van der Waals surface area contributed by atoms with Crippen molar-refractivity contribution in [1.82, 2.24) is 10.3 Å². The van der Waals surface area contributed by atoms with Gasteiger partial charge in [0.2, 0.25) is 0 Å². The molecule has 0 radical (unpaired) electrons. The number of carbonyl (C=O) groups excluding carboxylic acids is 1. The molecule has 0 saturated heterocycles. The Morgan fingerprint density at radius 2 is 1.81 bits per heavy atom. The van der Waals surface area contributed by atoms with Crippen LogP contribution in [0.25, 0.3) is 0 Å². The van der Waals surface area contributed by atoms with Crippen LogP contribution in [-0.2, 0) is 30.4 Å². The Bertz CT molecular complexity index is 1290. The first-order valence-electron chi connectivity index (χ1n) is 10.00. The van der Waals surface area contributed by atoms with Crippen LogP contribution in [0, 0.1) is 11.6 Å². The minimum absolute atomic E-state index is 0.0656. The summed E-state index contributed by atoms with van der Waals surface area (Å²) in [6.07, 6.45) is -3.67. The van der Waals surface area contributed by atoms with E-state index in [2.05, 4.69) is 10.3 Å². The van der Waals surface area contributed by atoms with Crippen molar-refractivity contribution in [3.05, 3.63) is 92.7 Å². The van der Waals surface area contributed by atoms with Gasteiger partial charge in [-0.15, -0.1) is 0 Å². The molecule has 0 fully saturated rings.